The summed E-state index contributed by atoms with van der Waals surface area (Å²) in [5, 5.41) is 14.1. The zero-order valence-corrected chi connectivity index (χ0v) is 19.6. The van der Waals surface area contributed by atoms with Crippen molar-refractivity contribution in [3.05, 3.63) is 94.8 Å². The summed E-state index contributed by atoms with van der Waals surface area (Å²) in [5.74, 6) is 5.88. The zero-order chi connectivity index (χ0) is 26.2. The first kappa shape index (κ1) is 23.7. The van der Waals surface area contributed by atoms with E-state index in [1.807, 2.05) is 13.0 Å². The van der Waals surface area contributed by atoms with Crippen LogP contribution in [0.5, 0.6) is 0 Å². The molecular formula is C26H18F3N7O. The largest absolute Gasteiger partial charge is 0.416 e. The molecule has 3 aromatic heterocycles. The highest BCUT2D eigenvalue weighted by molar-refractivity contribution is 6.04. The van der Waals surface area contributed by atoms with E-state index in [9.17, 15) is 18.0 Å². The van der Waals surface area contributed by atoms with E-state index in [0.717, 1.165) is 23.1 Å². The van der Waals surface area contributed by atoms with Crippen molar-refractivity contribution < 1.29 is 18.0 Å². The third-order valence-corrected chi connectivity index (χ3v) is 5.51. The molecule has 0 atom stereocenters. The van der Waals surface area contributed by atoms with Crippen LogP contribution < -0.4 is 5.32 Å². The molecule has 3 heterocycles. The van der Waals surface area contributed by atoms with Crippen LogP contribution in [0.25, 0.3) is 16.7 Å². The van der Waals surface area contributed by atoms with Crippen molar-refractivity contribution in [1.29, 1.82) is 0 Å². The molecule has 0 aliphatic heterocycles. The van der Waals surface area contributed by atoms with Crippen molar-refractivity contribution in [3.63, 3.8) is 0 Å². The number of rotatable bonds is 3. The lowest BCUT2D eigenvalue weighted by Crippen LogP contribution is -2.14. The number of carbonyl (C=O) groups excluding carboxylic acids is 1. The van der Waals surface area contributed by atoms with Crippen LogP contribution in [0.2, 0.25) is 0 Å². The van der Waals surface area contributed by atoms with Crippen molar-refractivity contribution >= 4 is 22.6 Å². The zero-order valence-electron chi connectivity index (χ0n) is 19.6. The van der Waals surface area contributed by atoms with Crippen LogP contribution in [-0.4, -0.2) is 35.9 Å². The van der Waals surface area contributed by atoms with Crippen LogP contribution in [0.3, 0.4) is 0 Å². The van der Waals surface area contributed by atoms with Gasteiger partial charge in [-0.3, -0.25) is 9.89 Å². The fraction of sp³-hybridized carbons (Fsp3) is 0.115. The highest BCUT2D eigenvalue weighted by Crippen LogP contribution is 2.33. The Kier molecular flexibility index (Phi) is 5.93. The number of pyridine rings is 1. The van der Waals surface area contributed by atoms with Gasteiger partial charge in [0.2, 0.25) is 0 Å². The number of aryl methyl sites for hydroxylation is 2. The molecule has 0 fully saturated rings. The molecule has 2 aromatic carbocycles. The fourth-order valence-electron chi connectivity index (χ4n) is 3.60. The summed E-state index contributed by atoms with van der Waals surface area (Å²) in [6.45, 7) is 3.47. The van der Waals surface area contributed by atoms with Crippen LogP contribution in [0.1, 0.15) is 38.4 Å². The normalized spacial score (nSPS) is 11.3. The van der Waals surface area contributed by atoms with Gasteiger partial charge < -0.3 is 5.32 Å². The van der Waals surface area contributed by atoms with Crippen molar-refractivity contribution in [1.82, 2.24) is 29.9 Å². The smallest absolute Gasteiger partial charge is 0.322 e. The molecular weight excluding hydrogens is 483 g/mol. The number of hydrogen-bond donors (Lipinski definition) is 2. The molecule has 5 aromatic rings. The fourth-order valence-corrected chi connectivity index (χ4v) is 3.60. The van der Waals surface area contributed by atoms with E-state index in [1.54, 1.807) is 37.5 Å². The number of hydrogen-bond acceptors (Lipinski definition) is 5. The first-order chi connectivity index (χ1) is 17.7. The maximum Gasteiger partial charge on any atom is 0.416 e. The lowest BCUT2D eigenvalue weighted by atomic mass is 10.0. The van der Waals surface area contributed by atoms with Gasteiger partial charge in [0.05, 0.1) is 17.4 Å². The van der Waals surface area contributed by atoms with Crippen molar-refractivity contribution in [2.45, 2.75) is 20.0 Å². The summed E-state index contributed by atoms with van der Waals surface area (Å²) in [7, 11) is 0. The molecule has 0 spiro atoms. The average Bonchev–Trinajstić information content (AvgIpc) is 3.51. The van der Waals surface area contributed by atoms with Crippen LogP contribution in [0.4, 0.5) is 18.9 Å². The van der Waals surface area contributed by atoms with Gasteiger partial charge in [-0.25, -0.2) is 14.6 Å². The van der Waals surface area contributed by atoms with Crippen LogP contribution in [-0.2, 0) is 6.18 Å². The number of H-pyrrole nitrogens is 1. The molecule has 0 aliphatic rings. The Hall–Kier alpha value is -4.98. The van der Waals surface area contributed by atoms with Crippen molar-refractivity contribution in [3.8, 4) is 17.5 Å². The SMILES string of the molecule is Cc1ncn(-c2cc(NC(=O)c3ccc(C)c(C#Cc4cnc5[nH]ncc5c4)c3)cc(C(F)(F)F)c2)n1. The predicted molar refractivity (Wildman–Crippen MR) is 130 cm³/mol. The third-order valence-electron chi connectivity index (χ3n) is 5.51. The van der Waals surface area contributed by atoms with Crippen molar-refractivity contribution in [2.24, 2.45) is 0 Å². The highest BCUT2D eigenvalue weighted by Gasteiger charge is 2.31. The molecule has 0 bridgehead atoms. The second-order valence-corrected chi connectivity index (χ2v) is 8.27. The molecule has 2 N–H and O–H groups in total. The number of nitrogens with one attached hydrogen (secondary N) is 2. The summed E-state index contributed by atoms with van der Waals surface area (Å²) in [4.78, 5) is 21.2. The Morgan fingerprint density at radius 3 is 2.62 bits per heavy atom. The van der Waals surface area contributed by atoms with Gasteiger partial charge in [0.25, 0.3) is 5.91 Å². The molecule has 11 heteroatoms. The molecule has 0 saturated heterocycles. The minimum Gasteiger partial charge on any atom is -0.322 e. The number of nitrogens with zero attached hydrogens (tertiary/aromatic N) is 5. The van der Waals surface area contributed by atoms with E-state index in [1.165, 1.54) is 17.1 Å². The average molecular weight is 501 g/mol. The van der Waals surface area contributed by atoms with Crippen LogP contribution >= 0.6 is 0 Å². The second kappa shape index (κ2) is 9.23. The number of alkyl halides is 3. The minimum absolute atomic E-state index is 0.0318. The molecule has 0 unspecified atom stereocenters. The van der Waals surface area contributed by atoms with Gasteiger partial charge in [-0.1, -0.05) is 17.9 Å². The maximum atomic E-state index is 13.5. The van der Waals surface area contributed by atoms with Gasteiger partial charge in [-0.2, -0.15) is 23.4 Å². The number of aromatic amines is 1. The molecule has 184 valence electrons. The Balaban J connectivity index is 1.43. The van der Waals surface area contributed by atoms with Gasteiger partial charge in [0.15, 0.2) is 5.65 Å². The van der Waals surface area contributed by atoms with Crippen molar-refractivity contribution in [2.75, 3.05) is 5.32 Å². The topological polar surface area (TPSA) is 101 Å². The second-order valence-electron chi connectivity index (χ2n) is 8.27. The van der Waals surface area contributed by atoms with Gasteiger partial charge in [0, 0.05) is 34.0 Å². The minimum atomic E-state index is -4.62. The summed E-state index contributed by atoms with van der Waals surface area (Å²) >= 11 is 0. The Morgan fingerprint density at radius 1 is 1.03 bits per heavy atom. The molecule has 37 heavy (non-hydrogen) atoms. The monoisotopic (exact) mass is 501 g/mol. The number of fused-ring (bicyclic) bond motifs is 1. The number of aromatic nitrogens is 6. The Morgan fingerprint density at radius 2 is 1.86 bits per heavy atom. The lowest BCUT2D eigenvalue weighted by Gasteiger charge is -2.13. The molecule has 0 saturated carbocycles. The molecule has 1 amide bonds. The van der Waals surface area contributed by atoms with E-state index < -0.39 is 17.6 Å². The van der Waals surface area contributed by atoms with Gasteiger partial charge in [-0.05, 0) is 55.8 Å². The Labute approximate surface area is 208 Å². The first-order valence-electron chi connectivity index (χ1n) is 11.0. The van der Waals surface area contributed by atoms with Gasteiger partial charge >= 0.3 is 6.18 Å². The number of carbonyl (C=O) groups is 1. The third kappa shape index (κ3) is 5.18. The van der Waals surface area contributed by atoms with Crippen LogP contribution in [0, 0.1) is 25.7 Å². The lowest BCUT2D eigenvalue weighted by molar-refractivity contribution is -0.137. The number of benzene rings is 2. The van der Waals surface area contributed by atoms with E-state index >= 15 is 0 Å². The molecule has 8 nitrogen and oxygen atoms in total. The number of anilines is 1. The summed E-state index contributed by atoms with van der Waals surface area (Å²) in [6, 6.07) is 9.97. The Bertz CT molecular complexity index is 1710. The van der Waals surface area contributed by atoms with Gasteiger partial charge in [-0.15, -0.1) is 0 Å². The maximum absolute atomic E-state index is 13.5. The molecule has 0 radical (unpaired) electrons. The standard InChI is InChI=1S/C26H18F3N7O/c1-15-3-5-19(8-18(15)6-4-17-7-20-13-32-34-24(20)30-12-17)25(37)33-22-9-21(26(27,28)29)10-23(11-22)36-14-31-16(2)35-36/h3,5,7-14H,1-2H3,(H,33,37)(H,30,32,34). The summed E-state index contributed by atoms with van der Waals surface area (Å²) < 4.78 is 41.8. The van der Waals surface area contributed by atoms with Gasteiger partial charge in [0.1, 0.15) is 12.2 Å². The van der Waals surface area contributed by atoms with Crippen LogP contribution in [0.15, 0.2) is 61.2 Å². The summed E-state index contributed by atoms with van der Waals surface area (Å²) in [5.41, 5.74) is 2.16. The summed E-state index contributed by atoms with van der Waals surface area (Å²) in [6.07, 6.45) is -0.0541. The van der Waals surface area contributed by atoms with E-state index in [0.29, 0.717) is 22.6 Å². The molecule has 5 rings (SSSR count). The molecule has 0 aliphatic carbocycles. The van der Waals surface area contributed by atoms with E-state index in [4.69, 9.17) is 0 Å². The predicted octanol–water partition coefficient (Wildman–Crippen LogP) is 4.83. The highest BCUT2D eigenvalue weighted by atomic mass is 19.4. The first-order valence-corrected chi connectivity index (χ1v) is 11.0. The quantitative estimate of drug-likeness (QED) is 0.345. The van der Waals surface area contributed by atoms with E-state index in [-0.39, 0.29) is 16.9 Å². The number of amides is 1. The van der Waals surface area contributed by atoms with E-state index in [2.05, 4.69) is 42.4 Å². The number of halogens is 3.